The zero-order valence-electron chi connectivity index (χ0n) is 9.54. The van der Waals surface area contributed by atoms with Gasteiger partial charge in [0, 0.05) is 11.1 Å². The van der Waals surface area contributed by atoms with E-state index in [0.717, 1.165) is 10.7 Å². The largest absolute Gasteiger partial charge is 0.345 e. The van der Waals surface area contributed by atoms with Gasteiger partial charge in [0.15, 0.2) is 0 Å². The first-order chi connectivity index (χ1) is 8.58. The minimum absolute atomic E-state index is 0.254. The summed E-state index contributed by atoms with van der Waals surface area (Å²) in [6, 6.07) is 4.97. The zero-order chi connectivity index (χ0) is 13.1. The molecule has 1 aromatic heterocycles. The Labute approximate surface area is 119 Å². The Morgan fingerprint density at radius 3 is 2.89 bits per heavy atom. The lowest BCUT2D eigenvalue weighted by molar-refractivity contribution is 0.0951. The average Bonchev–Trinajstić information content (AvgIpc) is 2.76. The Balaban J connectivity index is 2.06. The van der Waals surface area contributed by atoms with Gasteiger partial charge in [0.1, 0.15) is 5.01 Å². The molecule has 1 heterocycles. The average molecular weight is 301 g/mol. The summed E-state index contributed by atoms with van der Waals surface area (Å²) in [6.07, 6.45) is 0. The number of amides is 1. The van der Waals surface area contributed by atoms with Gasteiger partial charge in [-0.2, -0.15) is 0 Å². The molecule has 0 unspecified atom stereocenters. The first-order valence-electron chi connectivity index (χ1n) is 5.21. The predicted octanol–water partition coefficient (Wildman–Crippen LogP) is 3.69. The van der Waals surface area contributed by atoms with Crippen molar-refractivity contribution in [1.29, 1.82) is 0 Å². The van der Waals surface area contributed by atoms with Gasteiger partial charge in [-0.25, -0.2) is 4.98 Å². The lowest BCUT2D eigenvalue weighted by atomic mass is 10.2. The van der Waals surface area contributed by atoms with E-state index in [0.29, 0.717) is 17.1 Å². The fourth-order valence-electron chi connectivity index (χ4n) is 1.41. The van der Waals surface area contributed by atoms with Crippen molar-refractivity contribution in [3.8, 4) is 0 Å². The number of hydrogen-bond donors (Lipinski definition) is 1. The lowest BCUT2D eigenvalue weighted by Crippen LogP contribution is -2.23. The van der Waals surface area contributed by atoms with E-state index in [2.05, 4.69) is 10.3 Å². The first-order valence-corrected chi connectivity index (χ1v) is 6.84. The predicted molar refractivity (Wildman–Crippen MR) is 74.5 cm³/mol. The molecular weight excluding hydrogens is 291 g/mol. The smallest absolute Gasteiger partial charge is 0.253 e. The Kier molecular flexibility index (Phi) is 4.22. The second kappa shape index (κ2) is 5.69. The number of thiazole rings is 1. The Hall–Kier alpha value is -1.10. The summed E-state index contributed by atoms with van der Waals surface area (Å²) in [4.78, 5) is 16.2. The molecule has 0 aliphatic carbocycles. The van der Waals surface area contributed by atoms with Crippen LogP contribution in [0.15, 0.2) is 23.6 Å². The third-order valence-electron chi connectivity index (χ3n) is 2.26. The number of hydrogen-bond acceptors (Lipinski definition) is 3. The van der Waals surface area contributed by atoms with Crippen LogP contribution in [0.3, 0.4) is 0 Å². The Morgan fingerprint density at radius 1 is 1.44 bits per heavy atom. The summed E-state index contributed by atoms with van der Waals surface area (Å²) in [5.41, 5.74) is 1.32. The molecule has 1 aromatic carbocycles. The van der Waals surface area contributed by atoms with Gasteiger partial charge in [-0.15, -0.1) is 11.3 Å². The maximum absolute atomic E-state index is 11.9. The molecule has 0 fully saturated rings. The first kappa shape index (κ1) is 13.3. The van der Waals surface area contributed by atoms with Crippen LogP contribution < -0.4 is 5.32 Å². The Morgan fingerprint density at radius 2 is 2.22 bits per heavy atom. The van der Waals surface area contributed by atoms with Crippen LogP contribution in [0, 0.1) is 6.92 Å². The maximum Gasteiger partial charge on any atom is 0.253 e. The van der Waals surface area contributed by atoms with Gasteiger partial charge in [-0.1, -0.05) is 29.3 Å². The highest BCUT2D eigenvalue weighted by molar-refractivity contribution is 7.09. The summed E-state index contributed by atoms with van der Waals surface area (Å²) >= 11 is 13.3. The van der Waals surface area contributed by atoms with Crippen LogP contribution in [0.1, 0.15) is 21.1 Å². The van der Waals surface area contributed by atoms with Crippen molar-refractivity contribution in [3.05, 3.63) is 49.9 Å². The molecule has 3 nitrogen and oxygen atoms in total. The minimum atomic E-state index is -0.254. The van der Waals surface area contributed by atoms with E-state index in [1.165, 1.54) is 11.3 Å². The molecule has 0 atom stereocenters. The van der Waals surface area contributed by atoms with Gasteiger partial charge in [-0.3, -0.25) is 4.79 Å². The number of nitrogens with zero attached hydrogens (tertiary/aromatic N) is 1. The van der Waals surface area contributed by atoms with E-state index in [-0.39, 0.29) is 10.9 Å². The molecule has 0 bridgehead atoms. The molecule has 0 spiro atoms. The van der Waals surface area contributed by atoms with Gasteiger partial charge in [0.2, 0.25) is 0 Å². The lowest BCUT2D eigenvalue weighted by Gasteiger charge is -2.06. The van der Waals surface area contributed by atoms with Crippen LogP contribution >= 0.6 is 34.5 Å². The van der Waals surface area contributed by atoms with E-state index in [1.54, 1.807) is 18.2 Å². The van der Waals surface area contributed by atoms with Crippen LogP contribution in [0.4, 0.5) is 0 Å². The summed E-state index contributed by atoms with van der Waals surface area (Å²) in [7, 11) is 0. The molecule has 0 aliphatic rings. The molecule has 2 aromatic rings. The second-order valence-electron chi connectivity index (χ2n) is 3.67. The van der Waals surface area contributed by atoms with E-state index < -0.39 is 0 Å². The molecule has 1 N–H and O–H groups in total. The highest BCUT2D eigenvalue weighted by atomic mass is 35.5. The number of benzene rings is 1. The van der Waals surface area contributed by atoms with E-state index in [4.69, 9.17) is 23.2 Å². The van der Waals surface area contributed by atoms with Gasteiger partial charge in [-0.05, 0) is 19.1 Å². The summed E-state index contributed by atoms with van der Waals surface area (Å²) < 4.78 is 0. The van der Waals surface area contributed by atoms with E-state index >= 15 is 0 Å². The Bertz CT molecular complexity index is 583. The molecule has 0 saturated carbocycles. The van der Waals surface area contributed by atoms with Gasteiger partial charge >= 0.3 is 0 Å². The third-order valence-corrected chi connectivity index (χ3v) is 4.05. The second-order valence-corrected chi connectivity index (χ2v) is 5.39. The highest BCUT2D eigenvalue weighted by Crippen LogP contribution is 2.25. The van der Waals surface area contributed by atoms with Crippen molar-refractivity contribution in [2.45, 2.75) is 13.5 Å². The normalized spacial score (nSPS) is 10.4. The summed E-state index contributed by atoms with van der Waals surface area (Å²) in [5, 5.41) is 6.20. The van der Waals surface area contributed by atoms with Crippen LogP contribution in [-0.4, -0.2) is 10.9 Å². The highest BCUT2D eigenvalue weighted by Gasteiger charge is 2.12. The minimum Gasteiger partial charge on any atom is -0.345 e. The van der Waals surface area contributed by atoms with Crippen molar-refractivity contribution in [1.82, 2.24) is 10.3 Å². The van der Waals surface area contributed by atoms with E-state index in [9.17, 15) is 4.79 Å². The van der Waals surface area contributed by atoms with Gasteiger partial charge < -0.3 is 5.32 Å². The van der Waals surface area contributed by atoms with Gasteiger partial charge in [0.25, 0.3) is 5.91 Å². The molecule has 0 aliphatic heterocycles. The van der Waals surface area contributed by atoms with Gasteiger partial charge in [0.05, 0.1) is 22.2 Å². The summed E-state index contributed by atoms with van der Waals surface area (Å²) in [6.45, 7) is 2.30. The molecule has 94 valence electrons. The van der Waals surface area contributed by atoms with Crippen LogP contribution in [0.5, 0.6) is 0 Å². The molecule has 0 saturated heterocycles. The number of aromatic nitrogens is 1. The fourth-order valence-corrected chi connectivity index (χ4v) is 2.51. The van der Waals surface area contributed by atoms with Crippen molar-refractivity contribution < 1.29 is 4.79 Å². The van der Waals surface area contributed by atoms with Crippen LogP contribution in [0.25, 0.3) is 0 Å². The summed E-state index contributed by atoms with van der Waals surface area (Å²) in [5.74, 6) is -0.254. The third kappa shape index (κ3) is 3.02. The topological polar surface area (TPSA) is 42.0 Å². The number of nitrogens with one attached hydrogen (secondary N) is 1. The van der Waals surface area contributed by atoms with Crippen molar-refractivity contribution in [2.24, 2.45) is 0 Å². The number of carbonyl (C=O) groups excluding carboxylic acids is 1. The maximum atomic E-state index is 11.9. The monoisotopic (exact) mass is 300 g/mol. The molecule has 18 heavy (non-hydrogen) atoms. The van der Waals surface area contributed by atoms with Crippen molar-refractivity contribution >= 4 is 40.4 Å². The van der Waals surface area contributed by atoms with E-state index in [1.807, 2.05) is 12.3 Å². The molecule has 0 radical (unpaired) electrons. The number of carbonyl (C=O) groups is 1. The SMILES string of the molecule is Cc1csc(CNC(=O)c2cccc(Cl)c2Cl)n1. The molecule has 1 amide bonds. The number of halogens is 2. The zero-order valence-corrected chi connectivity index (χ0v) is 11.9. The quantitative estimate of drug-likeness (QED) is 0.939. The molecular formula is C12H10Cl2N2OS. The number of aryl methyl sites for hydroxylation is 1. The van der Waals surface area contributed by atoms with Crippen molar-refractivity contribution in [3.63, 3.8) is 0 Å². The van der Waals surface area contributed by atoms with Crippen LogP contribution in [-0.2, 0) is 6.54 Å². The molecule has 6 heteroatoms. The van der Waals surface area contributed by atoms with Crippen LogP contribution in [0.2, 0.25) is 10.0 Å². The van der Waals surface area contributed by atoms with Crippen molar-refractivity contribution in [2.75, 3.05) is 0 Å². The molecule has 2 rings (SSSR count). The standard InChI is InChI=1S/C12H10Cl2N2OS/c1-7-6-18-10(16-7)5-15-12(17)8-3-2-4-9(13)11(8)14/h2-4,6H,5H2,1H3,(H,15,17). The fraction of sp³-hybridized carbons (Fsp3) is 0.167. The number of rotatable bonds is 3.